The van der Waals surface area contributed by atoms with Crippen molar-refractivity contribution in [2.45, 2.75) is 20.5 Å². The van der Waals surface area contributed by atoms with Crippen LogP contribution in [-0.4, -0.2) is 0 Å². The fourth-order valence-corrected chi connectivity index (χ4v) is 2.49. The van der Waals surface area contributed by atoms with Crippen molar-refractivity contribution >= 4 is 33.2 Å². The molecule has 4 heteroatoms. The Hall–Kier alpha value is -1.19. The predicted molar refractivity (Wildman–Crippen MR) is 83.8 cm³/mol. The molecule has 0 unspecified atom stereocenters. The summed E-state index contributed by atoms with van der Waals surface area (Å²) >= 11 is 9.60. The van der Waals surface area contributed by atoms with Crippen LogP contribution in [0.5, 0.6) is 5.75 Å². The Morgan fingerprint density at radius 3 is 2.63 bits per heavy atom. The van der Waals surface area contributed by atoms with E-state index in [9.17, 15) is 0 Å². The van der Waals surface area contributed by atoms with Crippen LogP contribution in [0.15, 0.2) is 34.8 Å². The molecule has 0 saturated carbocycles. The van der Waals surface area contributed by atoms with Crippen LogP contribution in [0, 0.1) is 13.8 Å². The SMILES string of the molecule is Cc1cc(C)c(OCc2c(N)cccc2Br)cc1Cl. The van der Waals surface area contributed by atoms with Crippen LogP contribution in [-0.2, 0) is 6.61 Å². The number of aryl methyl sites for hydroxylation is 2. The molecule has 0 radical (unpaired) electrons. The molecule has 0 aliphatic carbocycles. The maximum atomic E-state index is 6.12. The number of nitrogens with two attached hydrogens (primary N) is 1. The van der Waals surface area contributed by atoms with E-state index in [0.29, 0.717) is 17.3 Å². The second kappa shape index (κ2) is 5.85. The van der Waals surface area contributed by atoms with Gasteiger partial charge in [-0.3, -0.25) is 0 Å². The van der Waals surface area contributed by atoms with Gasteiger partial charge in [0.25, 0.3) is 0 Å². The minimum atomic E-state index is 0.410. The van der Waals surface area contributed by atoms with E-state index < -0.39 is 0 Å². The van der Waals surface area contributed by atoms with Crippen molar-refractivity contribution in [3.63, 3.8) is 0 Å². The van der Waals surface area contributed by atoms with Gasteiger partial charge in [-0.05, 0) is 43.2 Å². The smallest absolute Gasteiger partial charge is 0.124 e. The molecule has 0 saturated heterocycles. The van der Waals surface area contributed by atoms with Gasteiger partial charge in [-0.15, -0.1) is 0 Å². The standard InChI is InChI=1S/C15H15BrClNO/c1-9-6-10(2)15(7-13(9)17)19-8-11-12(16)4-3-5-14(11)18/h3-7H,8,18H2,1-2H3. The van der Waals surface area contributed by atoms with Crippen LogP contribution in [0.2, 0.25) is 5.02 Å². The molecule has 0 amide bonds. The fourth-order valence-electron chi connectivity index (χ4n) is 1.84. The number of nitrogen functional groups attached to an aromatic ring is 1. The average molecular weight is 341 g/mol. The normalized spacial score (nSPS) is 10.5. The van der Waals surface area contributed by atoms with Crippen LogP contribution in [0.1, 0.15) is 16.7 Å². The zero-order valence-corrected chi connectivity index (χ0v) is 13.2. The summed E-state index contributed by atoms with van der Waals surface area (Å²) in [7, 11) is 0. The molecule has 0 aliphatic rings. The first kappa shape index (κ1) is 14.2. The first-order chi connectivity index (χ1) is 8.99. The van der Waals surface area contributed by atoms with E-state index in [4.69, 9.17) is 22.1 Å². The van der Waals surface area contributed by atoms with Gasteiger partial charge < -0.3 is 10.5 Å². The second-order valence-electron chi connectivity index (χ2n) is 4.46. The van der Waals surface area contributed by atoms with Gasteiger partial charge in [0.2, 0.25) is 0 Å². The number of rotatable bonds is 3. The predicted octanol–water partition coefficient (Wildman–Crippen LogP) is 4.88. The van der Waals surface area contributed by atoms with Gasteiger partial charge in [0.05, 0.1) is 0 Å². The van der Waals surface area contributed by atoms with E-state index in [1.54, 1.807) is 0 Å². The fraction of sp³-hybridized carbons (Fsp3) is 0.200. The molecule has 0 spiro atoms. The van der Waals surface area contributed by atoms with E-state index in [0.717, 1.165) is 26.9 Å². The second-order valence-corrected chi connectivity index (χ2v) is 5.72. The Labute approximate surface area is 126 Å². The third-order valence-corrected chi connectivity index (χ3v) is 4.13. The van der Waals surface area contributed by atoms with E-state index >= 15 is 0 Å². The van der Waals surface area contributed by atoms with Crippen LogP contribution in [0.3, 0.4) is 0 Å². The molecule has 0 aliphatic heterocycles. The van der Waals surface area contributed by atoms with Gasteiger partial charge >= 0.3 is 0 Å². The highest BCUT2D eigenvalue weighted by atomic mass is 79.9. The molecule has 100 valence electrons. The van der Waals surface area contributed by atoms with Crippen molar-refractivity contribution in [3.8, 4) is 5.75 Å². The first-order valence-corrected chi connectivity index (χ1v) is 7.08. The zero-order chi connectivity index (χ0) is 14.0. The lowest BCUT2D eigenvalue weighted by molar-refractivity contribution is 0.304. The van der Waals surface area contributed by atoms with Gasteiger partial charge in [0, 0.05) is 20.7 Å². The monoisotopic (exact) mass is 339 g/mol. The van der Waals surface area contributed by atoms with Crippen molar-refractivity contribution in [2.75, 3.05) is 5.73 Å². The van der Waals surface area contributed by atoms with Crippen molar-refractivity contribution in [1.82, 2.24) is 0 Å². The highest BCUT2D eigenvalue weighted by Crippen LogP contribution is 2.29. The summed E-state index contributed by atoms with van der Waals surface area (Å²) in [6.45, 7) is 4.39. The number of benzene rings is 2. The van der Waals surface area contributed by atoms with E-state index in [1.165, 1.54) is 0 Å². The first-order valence-electron chi connectivity index (χ1n) is 5.91. The van der Waals surface area contributed by atoms with Crippen LogP contribution in [0.25, 0.3) is 0 Å². The Kier molecular flexibility index (Phi) is 4.38. The van der Waals surface area contributed by atoms with E-state index in [2.05, 4.69) is 15.9 Å². The lowest BCUT2D eigenvalue weighted by atomic mass is 10.1. The van der Waals surface area contributed by atoms with Gasteiger partial charge in [-0.2, -0.15) is 0 Å². The van der Waals surface area contributed by atoms with Crippen LogP contribution in [0.4, 0.5) is 5.69 Å². The summed E-state index contributed by atoms with van der Waals surface area (Å²) in [5.74, 6) is 0.783. The maximum Gasteiger partial charge on any atom is 0.124 e. The summed E-state index contributed by atoms with van der Waals surface area (Å²) in [5, 5.41) is 0.709. The van der Waals surface area contributed by atoms with Crippen molar-refractivity contribution in [2.24, 2.45) is 0 Å². The Balaban J connectivity index is 2.22. The van der Waals surface area contributed by atoms with Gasteiger partial charge in [0.15, 0.2) is 0 Å². The van der Waals surface area contributed by atoms with Crippen LogP contribution < -0.4 is 10.5 Å². The number of anilines is 1. The highest BCUT2D eigenvalue weighted by Gasteiger charge is 2.08. The summed E-state index contributed by atoms with van der Waals surface area (Å²) in [6, 6.07) is 9.57. The molecular weight excluding hydrogens is 326 g/mol. The molecule has 0 fully saturated rings. The molecule has 2 N–H and O–H groups in total. The van der Waals surface area contributed by atoms with Crippen molar-refractivity contribution in [3.05, 3.63) is 56.5 Å². The average Bonchev–Trinajstić information content (AvgIpc) is 2.34. The number of ether oxygens (including phenoxy) is 1. The van der Waals surface area contributed by atoms with Gasteiger partial charge in [-0.25, -0.2) is 0 Å². The molecule has 0 bridgehead atoms. The number of hydrogen-bond donors (Lipinski definition) is 1. The number of halogens is 2. The molecule has 0 atom stereocenters. The van der Waals surface area contributed by atoms with Gasteiger partial charge in [-0.1, -0.05) is 39.7 Å². The van der Waals surface area contributed by atoms with Crippen molar-refractivity contribution in [1.29, 1.82) is 0 Å². The summed E-state index contributed by atoms with van der Waals surface area (Å²) in [4.78, 5) is 0. The molecule has 2 rings (SSSR count). The minimum Gasteiger partial charge on any atom is -0.488 e. The Morgan fingerprint density at radius 1 is 1.21 bits per heavy atom. The topological polar surface area (TPSA) is 35.2 Å². The largest absolute Gasteiger partial charge is 0.488 e. The summed E-state index contributed by atoms with van der Waals surface area (Å²) in [6.07, 6.45) is 0. The highest BCUT2D eigenvalue weighted by molar-refractivity contribution is 9.10. The Morgan fingerprint density at radius 2 is 1.95 bits per heavy atom. The number of hydrogen-bond acceptors (Lipinski definition) is 2. The third-order valence-electron chi connectivity index (χ3n) is 2.98. The minimum absolute atomic E-state index is 0.410. The molecule has 0 heterocycles. The molecular formula is C15H15BrClNO. The molecule has 19 heavy (non-hydrogen) atoms. The van der Waals surface area contributed by atoms with Crippen molar-refractivity contribution < 1.29 is 4.74 Å². The summed E-state index contributed by atoms with van der Waals surface area (Å²) in [5.41, 5.74) is 9.71. The zero-order valence-electron chi connectivity index (χ0n) is 10.8. The lowest BCUT2D eigenvalue weighted by Gasteiger charge is -2.13. The van der Waals surface area contributed by atoms with E-state index in [-0.39, 0.29) is 0 Å². The van der Waals surface area contributed by atoms with Crippen LogP contribution >= 0.6 is 27.5 Å². The Bertz CT molecular complexity index is 593. The summed E-state index contributed by atoms with van der Waals surface area (Å²) < 4.78 is 6.77. The lowest BCUT2D eigenvalue weighted by Crippen LogP contribution is -2.02. The quantitative estimate of drug-likeness (QED) is 0.808. The molecule has 2 aromatic rings. The molecule has 2 nitrogen and oxygen atoms in total. The molecule has 0 aromatic heterocycles. The third kappa shape index (κ3) is 3.23. The van der Waals surface area contributed by atoms with E-state index in [1.807, 2.05) is 44.2 Å². The maximum absolute atomic E-state index is 6.12. The van der Waals surface area contributed by atoms with Gasteiger partial charge in [0.1, 0.15) is 12.4 Å². The molecule has 2 aromatic carbocycles.